The molecule has 0 bridgehead atoms. The molecule has 3 nitrogen and oxygen atoms in total. The highest BCUT2D eigenvalue weighted by Gasteiger charge is 1.98. The zero-order valence-corrected chi connectivity index (χ0v) is 9.54. The van der Waals surface area contributed by atoms with Gasteiger partial charge in [0.05, 0.1) is 12.0 Å². The molecule has 0 heterocycles. The number of aliphatic hydroxyl groups excluding tert-OH is 1. The largest absolute Gasteiger partial charge is 0.502 e. The van der Waals surface area contributed by atoms with Crippen molar-refractivity contribution in [2.45, 2.75) is 20.8 Å². The van der Waals surface area contributed by atoms with E-state index in [0.29, 0.717) is 11.7 Å². The Morgan fingerprint density at radius 1 is 1.54 bits per heavy atom. The SMILES string of the molecule is CC(=S)OCC(C)C#N.CC(O)=S. The molecule has 0 amide bonds. The number of ether oxygens (including phenoxy) is 1. The molecule has 13 heavy (non-hydrogen) atoms. The van der Waals surface area contributed by atoms with Crippen molar-refractivity contribution < 1.29 is 9.84 Å². The van der Waals surface area contributed by atoms with Crippen molar-refractivity contribution >= 4 is 34.5 Å². The summed E-state index contributed by atoms with van der Waals surface area (Å²) in [5, 5.41) is 16.6. The molecule has 1 atom stereocenters. The maximum absolute atomic E-state index is 8.27. The summed E-state index contributed by atoms with van der Waals surface area (Å²) in [6, 6.07) is 2.04. The number of aliphatic hydroxyl groups is 1. The number of rotatable bonds is 2. The van der Waals surface area contributed by atoms with Gasteiger partial charge >= 0.3 is 0 Å². The Balaban J connectivity index is 0. The highest BCUT2D eigenvalue weighted by atomic mass is 32.1. The van der Waals surface area contributed by atoms with Crippen molar-refractivity contribution in [2.24, 2.45) is 5.92 Å². The Hall–Kier alpha value is -0.730. The van der Waals surface area contributed by atoms with Gasteiger partial charge in [-0.05, 0) is 31.4 Å². The van der Waals surface area contributed by atoms with Crippen LogP contribution in [0.25, 0.3) is 0 Å². The van der Waals surface area contributed by atoms with Gasteiger partial charge in [-0.25, -0.2) is 0 Å². The standard InChI is InChI=1S/C6H9NOS.C2H4OS/c1-5(3-7)4-8-6(2)9;1-2(3)4/h5H,4H2,1-2H3;1H3,(H,3,4). The minimum atomic E-state index is -0.0668. The first-order chi connectivity index (χ1) is 5.90. The predicted molar refractivity (Wildman–Crippen MR) is 59.9 cm³/mol. The average molecular weight is 219 g/mol. The van der Waals surface area contributed by atoms with Gasteiger partial charge in [0, 0.05) is 13.8 Å². The molecule has 1 unspecified atom stereocenters. The third kappa shape index (κ3) is 24.6. The summed E-state index contributed by atoms with van der Waals surface area (Å²) in [5.41, 5.74) is 0. The van der Waals surface area contributed by atoms with E-state index in [0.717, 1.165) is 0 Å². The second-order valence-electron chi connectivity index (χ2n) is 2.35. The fourth-order valence-corrected chi connectivity index (χ4v) is 0.348. The van der Waals surface area contributed by atoms with Crippen LogP contribution in [0, 0.1) is 17.2 Å². The van der Waals surface area contributed by atoms with Gasteiger partial charge in [-0.3, -0.25) is 0 Å². The first-order valence-corrected chi connectivity index (χ1v) is 4.44. The Bertz CT molecular complexity index is 207. The topological polar surface area (TPSA) is 53.2 Å². The van der Waals surface area contributed by atoms with Crippen LogP contribution in [-0.2, 0) is 4.74 Å². The van der Waals surface area contributed by atoms with Gasteiger partial charge in [-0.1, -0.05) is 0 Å². The Morgan fingerprint density at radius 2 is 1.92 bits per heavy atom. The molecular formula is C8H13NO2S2. The summed E-state index contributed by atoms with van der Waals surface area (Å²) in [5.74, 6) is -0.0668. The van der Waals surface area contributed by atoms with E-state index in [9.17, 15) is 0 Å². The van der Waals surface area contributed by atoms with Gasteiger partial charge in [-0.15, -0.1) is 0 Å². The van der Waals surface area contributed by atoms with Crippen LogP contribution >= 0.6 is 24.4 Å². The number of nitrogens with zero attached hydrogens (tertiary/aromatic N) is 1. The molecule has 0 aromatic heterocycles. The lowest BCUT2D eigenvalue weighted by molar-refractivity contribution is 0.281. The minimum absolute atomic E-state index is 0.000000000000000222. The van der Waals surface area contributed by atoms with Gasteiger partial charge in [0.15, 0.2) is 10.1 Å². The number of hydrogen-bond donors (Lipinski definition) is 1. The number of nitriles is 1. The van der Waals surface area contributed by atoms with Crippen LogP contribution in [0.15, 0.2) is 0 Å². The van der Waals surface area contributed by atoms with E-state index in [1.807, 2.05) is 6.07 Å². The van der Waals surface area contributed by atoms with Crippen LogP contribution in [0.3, 0.4) is 0 Å². The molecule has 0 rings (SSSR count). The monoisotopic (exact) mass is 219 g/mol. The highest BCUT2D eigenvalue weighted by Crippen LogP contribution is 1.92. The first-order valence-electron chi connectivity index (χ1n) is 3.62. The van der Waals surface area contributed by atoms with E-state index in [-0.39, 0.29) is 11.0 Å². The second kappa shape index (κ2) is 9.36. The summed E-state index contributed by atoms with van der Waals surface area (Å²) >= 11 is 8.72. The maximum Gasteiger partial charge on any atom is 0.156 e. The van der Waals surface area contributed by atoms with E-state index in [1.54, 1.807) is 13.8 Å². The van der Waals surface area contributed by atoms with Gasteiger partial charge < -0.3 is 9.84 Å². The second-order valence-corrected chi connectivity index (χ2v) is 3.52. The summed E-state index contributed by atoms with van der Waals surface area (Å²) in [4.78, 5) is 0. The molecule has 1 N–H and O–H groups in total. The molecular weight excluding hydrogens is 206 g/mol. The van der Waals surface area contributed by atoms with Crippen molar-refractivity contribution in [1.82, 2.24) is 0 Å². The molecule has 0 aromatic carbocycles. The van der Waals surface area contributed by atoms with E-state index in [2.05, 4.69) is 24.4 Å². The Labute approximate surface area is 89.3 Å². The fourth-order valence-electron chi connectivity index (χ4n) is 0.280. The fraction of sp³-hybridized carbons (Fsp3) is 0.625. The molecule has 5 heteroatoms. The molecule has 0 aliphatic rings. The molecule has 0 aliphatic heterocycles. The van der Waals surface area contributed by atoms with E-state index >= 15 is 0 Å². The quantitative estimate of drug-likeness (QED) is 0.723. The third-order valence-corrected chi connectivity index (χ3v) is 0.875. The molecule has 0 aromatic rings. The van der Waals surface area contributed by atoms with Crippen molar-refractivity contribution in [3.63, 3.8) is 0 Å². The Morgan fingerprint density at radius 3 is 2.15 bits per heavy atom. The van der Waals surface area contributed by atoms with Crippen LogP contribution in [-0.4, -0.2) is 21.8 Å². The lowest BCUT2D eigenvalue weighted by atomic mass is 10.2. The summed E-state index contributed by atoms with van der Waals surface area (Å²) < 4.78 is 4.90. The van der Waals surface area contributed by atoms with Crippen LogP contribution in [0.4, 0.5) is 0 Å². The molecule has 0 radical (unpaired) electrons. The Kier molecular flexibility index (Phi) is 10.6. The van der Waals surface area contributed by atoms with Gasteiger partial charge in [0.2, 0.25) is 0 Å². The normalized spacial score (nSPS) is 10.0. The molecule has 0 fully saturated rings. The van der Waals surface area contributed by atoms with Crippen LogP contribution in [0.5, 0.6) is 0 Å². The molecule has 0 aliphatic carbocycles. The lowest BCUT2D eigenvalue weighted by Gasteiger charge is -2.02. The van der Waals surface area contributed by atoms with Gasteiger partial charge in [0.1, 0.15) is 6.61 Å². The zero-order chi connectivity index (χ0) is 10.9. The van der Waals surface area contributed by atoms with Crippen LogP contribution in [0.2, 0.25) is 0 Å². The van der Waals surface area contributed by atoms with Crippen molar-refractivity contribution in [1.29, 1.82) is 5.26 Å². The smallest absolute Gasteiger partial charge is 0.156 e. The summed E-state index contributed by atoms with van der Waals surface area (Å²) in [6.07, 6.45) is 0. The molecule has 0 saturated carbocycles. The summed E-state index contributed by atoms with van der Waals surface area (Å²) in [7, 11) is 0. The van der Waals surface area contributed by atoms with Gasteiger partial charge in [0.25, 0.3) is 0 Å². The van der Waals surface area contributed by atoms with E-state index in [1.165, 1.54) is 6.92 Å². The third-order valence-electron chi connectivity index (χ3n) is 0.757. The molecule has 0 spiro atoms. The lowest BCUT2D eigenvalue weighted by Crippen LogP contribution is -2.05. The molecule has 74 valence electrons. The summed E-state index contributed by atoms with van der Waals surface area (Å²) in [6.45, 7) is 5.35. The average Bonchev–Trinajstić information content (AvgIpc) is 1.99. The van der Waals surface area contributed by atoms with Gasteiger partial charge in [-0.2, -0.15) is 5.26 Å². The van der Waals surface area contributed by atoms with Crippen molar-refractivity contribution in [3.8, 4) is 6.07 Å². The van der Waals surface area contributed by atoms with E-state index in [4.69, 9.17) is 15.1 Å². The first kappa shape index (κ1) is 14.8. The van der Waals surface area contributed by atoms with Crippen LogP contribution < -0.4 is 0 Å². The van der Waals surface area contributed by atoms with Crippen molar-refractivity contribution in [3.05, 3.63) is 0 Å². The van der Waals surface area contributed by atoms with Crippen molar-refractivity contribution in [2.75, 3.05) is 6.61 Å². The molecule has 0 saturated heterocycles. The highest BCUT2D eigenvalue weighted by molar-refractivity contribution is 7.80. The number of thiocarbonyl (C=S) groups is 2. The minimum Gasteiger partial charge on any atom is -0.502 e. The number of hydrogen-bond acceptors (Lipinski definition) is 4. The van der Waals surface area contributed by atoms with E-state index < -0.39 is 0 Å². The predicted octanol–water partition coefficient (Wildman–Crippen LogP) is 2.40. The zero-order valence-electron chi connectivity index (χ0n) is 7.90. The van der Waals surface area contributed by atoms with Crippen LogP contribution in [0.1, 0.15) is 20.8 Å². The maximum atomic E-state index is 8.27.